The predicted molar refractivity (Wildman–Crippen MR) is 70.7 cm³/mol. The minimum absolute atomic E-state index is 0.615. The molecule has 1 aromatic rings. The van der Waals surface area contributed by atoms with Crippen LogP contribution in [0.2, 0.25) is 0 Å². The molecular weight excluding hydrogens is 222 g/mol. The highest BCUT2D eigenvalue weighted by molar-refractivity contribution is 5.25. The van der Waals surface area contributed by atoms with Crippen molar-refractivity contribution in [2.75, 3.05) is 5.73 Å². The molecule has 1 heterocycles. The van der Waals surface area contributed by atoms with Crippen LogP contribution in [0.4, 0.5) is 5.82 Å². The van der Waals surface area contributed by atoms with Crippen molar-refractivity contribution < 1.29 is 0 Å². The lowest BCUT2D eigenvalue weighted by atomic mass is 9.51. The summed E-state index contributed by atoms with van der Waals surface area (Å²) in [5.41, 5.74) is 5.76. The summed E-state index contributed by atoms with van der Waals surface area (Å²) in [5, 5.41) is 0. The Morgan fingerprint density at radius 3 is 2.33 bits per heavy atom. The first-order valence-corrected chi connectivity index (χ1v) is 7.35. The third-order valence-electron chi connectivity index (χ3n) is 5.57. The van der Waals surface area contributed by atoms with Crippen molar-refractivity contribution in [1.29, 1.82) is 0 Å². The topological polar surface area (TPSA) is 51.8 Å². The van der Waals surface area contributed by atoms with Crippen molar-refractivity contribution in [2.24, 2.45) is 29.6 Å². The molecule has 0 radical (unpaired) electrons. The molecule has 2 N–H and O–H groups in total. The number of rotatable bonds is 2. The third kappa shape index (κ3) is 1.72. The summed E-state index contributed by atoms with van der Waals surface area (Å²) >= 11 is 0. The number of aromatic nitrogens is 2. The van der Waals surface area contributed by atoms with Gasteiger partial charge in [0.2, 0.25) is 0 Å². The molecule has 0 aromatic carbocycles. The number of nitrogen functional groups attached to an aromatic ring is 1. The lowest BCUT2D eigenvalue weighted by Gasteiger charge is -2.54. The highest BCUT2D eigenvalue weighted by Gasteiger charge is 2.48. The first-order valence-electron chi connectivity index (χ1n) is 7.35. The molecule has 0 saturated heterocycles. The van der Waals surface area contributed by atoms with Crippen molar-refractivity contribution >= 4 is 5.82 Å². The van der Waals surface area contributed by atoms with Gasteiger partial charge >= 0.3 is 0 Å². The molecule has 0 amide bonds. The Morgan fingerprint density at radius 2 is 1.72 bits per heavy atom. The van der Waals surface area contributed by atoms with Gasteiger partial charge in [-0.15, -0.1) is 0 Å². The van der Waals surface area contributed by atoms with Gasteiger partial charge in [0.1, 0.15) is 11.6 Å². The van der Waals surface area contributed by atoms with Crippen LogP contribution in [-0.2, 0) is 6.42 Å². The summed E-state index contributed by atoms with van der Waals surface area (Å²) in [6.07, 6.45) is 10.3. The maximum atomic E-state index is 5.76. The van der Waals surface area contributed by atoms with Crippen LogP contribution < -0.4 is 5.73 Å². The van der Waals surface area contributed by atoms with Gasteiger partial charge in [-0.3, -0.25) is 0 Å². The summed E-state index contributed by atoms with van der Waals surface area (Å²) in [4.78, 5) is 8.79. The number of nitrogens with zero attached hydrogens (tertiary/aromatic N) is 2. The van der Waals surface area contributed by atoms with E-state index in [-0.39, 0.29) is 0 Å². The Bertz CT molecular complexity index is 429. The fourth-order valence-corrected chi connectivity index (χ4v) is 5.10. The molecule has 0 aliphatic heterocycles. The molecule has 96 valence electrons. The summed E-state index contributed by atoms with van der Waals surface area (Å²) in [7, 11) is 0. The van der Waals surface area contributed by atoms with E-state index in [1.54, 1.807) is 12.3 Å². The normalized spacial score (nSPS) is 41.2. The minimum Gasteiger partial charge on any atom is -0.384 e. The predicted octanol–water partition coefficient (Wildman–Crippen LogP) is 2.67. The second-order valence-corrected chi connectivity index (χ2v) is 6.70. The smallest absolute Gasteiger partial charge is 0.130 e. The van der Waals surface area contributed by atoms with Crippen LogP contribution in [0.3, 0.4) is 0 Å². The van der Waals surface area contributed by atoms with Gasteiger partial charge in [0.15, 0.2) is 0 Å². The van der Waals surface area contributed by atoms with Gasteiger partial charge in [-0.2, -0.15) is 0 Å². The molecule has 1 aromatic heterocycles. The molecule has 4 bridgehead atoms. The van der Waals surface area contributed by atoms with Crippen LogP contribution in [0.15, 0.2) is 12.3 Å². The lowest BCUT2D eigenvalue weighted by Crippen LogP contribution is -2.45. The maximum Gasteiger partial charge on any atom is 0.130 e. The number of hydrogen-bond donors (Lipinski definition) is 1. The summed E-state index contributed by atoms with van der Waals surface area (Å²) < 4.78 is 0. The van der Waals surface area contributed by atoms with E-state index >= 15 is 0 Å². The maximum absolute atomic E-state index is 5.76. The van der Waals surface area contributed by atoms with Crippen molar-refractivity contribution in [2.45, 2.75) is 38.5 Å². The Balaban J connectivity index is 1.55. The van der Waals surface area contributed by atoms with Gasteiger partial charge in [0, 0.05) is 12.6 Å². The number of nitrogens with two attached hydrogens (primary N) is 1. The van der Waals surface area contributed by atoms with Crippen LogP contribution in [0, 0.1) is 29.6 Å². The van der Waals surface area contributed by atoms with Gasteiger partial charge in [-0.1, -0.05) is 0 Å². The van der Waals surface area contributed by atoms with E-state index in [4.69, 9.17) is 5.73 Å². The van der Waals surface area contributed by atoms with Gasteiger partial charge in [-0.25, -0.2) is 9.97 Å². The Kier molecular flexibility index (Phi) is 2.36. The van der Waals surface area contributed by atoms with Crippen LogP contribution in [-0.4, -0.2) is 9.97 Å². The Hall–Kier alpha value is -1.12. The van der Waals surface area contributed by atoms with Crippen LogP contribution in [0.5, 0.6) is 0 Å². The first kappa shape index (κ1) is 10.8. The average Bonchev–Trinajstić information content (AvgIpc) is 2.33. The standard InChI is InChI=1S/C15H21N3/c16-14-1-2-17-15(18-14)8-13-11-4-9-3-10(6-11)7-12(13)5-9/h1-2,9-13H,3-8H2,(H2,16,17,18). The van der Waals surface area contributed by atoms with Gasteiger partial charge in [0.25, 0.3) is 0 Å². The fourth-order valence-electron chi connectivity index (χ4n) is 5.10. The van der Waals surface area contributed by atoms with Crippen LogP contribution in [0.25, 0.3) is 0 Å². The zero-order valence-corrected chi connectivity index (χ0v) is 10.8. The summed E-state index contributed by atoms with van der Waals surface area (Å²) in [5.74, 6) is 6.41. The number of anilines is 1. The molecule has 3 nitrogen and oxygen atoms in total. The molecule has 0 spiro atoms. The van der Waals surface area contributed by atoms with E-state index in [0.717, 1.165) is 41.8 Å². The van der Waals surface area contributed by atoms with Crippen molar-refractivity contribution in [3.8, 4) is 0 Å². The van der Waals surface area contributed by atoms with Crippen molar-refractivity contribution in [3.05, 3.63) is 18.1 Å². The highest BCUT2D eigenvalue weighted by atomic mass is 14.9. The van der Waals surface area contributed by atoms with Gasteiger partial charge < -0.3 is 5.73 Å². The quantitative estimate of drug-likeness (QED) is 0.868. The SMILES string of the molecule is Nc1ccnc(CC2C3CC4CC(C3)CC2C4)n1. The number of hydrogen-bond acceptors (Lipinski definition) is 3. The molecule has 4 aliphatic carbocycles. The molecule has 0 atom stereocenters. The second kappa shape index (κ2) is 3.94. The molecule has 0 unspecified atom stereocenters. The molecule has 18 heavy (non-hydrogen) atoms. The van der Waals surface area contributed by atoms with Gasteiger partial charge in [0.05, 0.1) is 0 Å². The minimum atomic E-state index is 0.615. The molecule has 4 fully saturated rings. The van der Waals surface area contributed by atoms with Gasteiger partial charge in [-0.05, 0) is 67.8 Å². The van der Waals surface area contributed by atoms with Crippen LogP contribution in [0.1, 0.15) is 37.9 Å². The highest BCUT2D eigenvalue weighted by Crippen LogP contribution is 2.57. The lowest BCUT2D eigenvalue weighted by molar-refractivity contribution is -0.0367. The summed E-state index contributed by atoms with van der Waals surface area (Å²) in [6.45, 7) is 0. The molecular formula is C15H21N3. The largest absolute Gasteiger partial charge is 0.384 e. The summed E-state index contributed by atoms with van der Waals surface area (Å²) in [6, 6.07) is 1.78. The zero-order chi connectivity index (χ0) is 12.1. The molecule has 4 aliphatic rings. The molecule has 5 rings (SSSR count). The van der Waals surface area contributed by atoms with Crippen LogP contribution >= 0.6 is 0 Å². The average molecular weight is 243 g/mol. The third-order valence-corrected chi connectivity index (χ3v) is 5.57. The molecule has 3 heteroatoms. The molecule has 4 saturated carbocycles. The van der Waals surface area contributed by atoms with E-state index in [2.05, 4.69) is 9.97 Å². The zero-order valence-electron chi connectivity index (χ0n) is 10.8. The fraction of sp³-hybridized carbons (Fsp3) is 0.733. The Labute approximate surface area is 108 Å². The monoisotopic (exact) mass is 243 g/mol. The Morgan fingerprint density at radius 1 is 1.06 bits per heavy atom. The second-order valence-electron chi connectivity index (χ2n) is 6.70. The van der Waals surface area contributed by atoms with E-state index in [1.165, 1.54) is 32.1 Å². The first-order chi connectivity index (χ1) is 8.78. The van der Waals surface area contributed by atoms with E-state index in [1.807, 2.05) is 0 Å². The van der Waals surface area contributed by atoms with E-state index in [0.29, 0.717) is 5.82 Å². The van der Waals surface area contributed by atoms with E-state index < -0.39 is 0 Å². The van der Waals surface area contributed by atoms with E-state index in [9.17, 15) is 0 Å². The van der Waals surface area contributed by atoms with Crippen molar-refractivity contribution in [3.63, 3.8) is 0 Å². The van der Waals surface area contributed by atoms with Crippen molar-refractivity contribution in [1.82, 2.24) is 9.97 Å².